The summed E-state index contributed by atoms with van der Waals surface area (Å²) < 4.78 is 11.2. The topological polar surface area (TPSA) is 50.9 Å². The predicted octanol–water partition coefficient (Wildman–Crippen LogP) is 2.35. The quantitative estimate of drug-likeness (QED) is 0.403. The van der Waals surface area contributed by atoms with Gasteiger partial charge in [-0.3, -0.25) is 10.1 Å². The molecule has 1 rings (SSSR count). The Balaban J connectivity index is 2.51. The third-order valence-electron chi connectivity index (χ3n) is 2.70. The van der Waals surface area contributed by atoms with Gasteiger partial charge in [0.1, 0.15) is 6.10 Å². The lowest BCUT2D eigenvalue weighted by Gasteiger charge is -2.15. The fourth-order valence-electron chi connectivity index (χ4n) is 1.61. The van der Waals surface area contributed by atoms with Gasteiger partial charge in [-0.15, -0.1) is 0 Å². The Labute approximate surface area is 103 Å². The van der Waals surface area contributed by atoms with Crippen LogP contribution in [-0.4, -0.2) is 24.5 Å². The van der Waals surface area contributed by atoms with Crippen molar-refractivity contribution in [3.05, 3.63) is 12.2 Å². The Morgan fingerprint density at radius 2 is 2.18 bits per heavy atom. The third-order valence-corrected chi connectivity index (χ3v) is 2.70. The highest BCUT2D eigenvalue weighted by molar-refractivity contribution is 5.92. The van der Waals surface area contributed by atoms with Crippen LogP contribution in [0.5, 0.6) is 0 Å². The maximum absolute atomic E-state index is 11.6. The monoisotopic (exact) mass is 241 g/mol. The normalized spacial score (nSPS) is 26.6. The van der Waals surface area contributed by atoms with Crippen molar-refractivity contribution >= 4 is 5.91 Å². The molecule has 0 bridgehead atoms. The first-order valence-corrected chi connectivity index (χ1v) is 6.35. The molecule has 17 heavy (non-hydrogen) atoms. The Kier molecular flexibility index (Phi) is 5.15. The Bertz CT molecular complexity index is 290. The molecule has 1 aliphatic heterocycles. The maximum atomic E-state index is 11.6. The zero-order valence-electron chi connectivity index (χ0n) is 11.0. The Morgan fingerprint density at radius 1 is 1.47 bits per heavy atom. The summed E-state index contributed by atoms with van der Waals surface area (Å²) in [5, 5.41) is 2.78. The van der Waals surface area contributed by atoms with E-state index in [-0.39, 0.29) is 12.0 Å². The summed E-state index contributed by atoms with van der Waals surface area (Å²) in [5.74, 6) is -1.10. The molecule has 0 aromatic carbocycles. The SMILES string of the molecule is C=C(C)C(=O)NC1(OCCC)OC1CCCC. The summed E-state index contributed by atoms with van der Waals surface area (Å²) in [6.07, 6.45) is 3.98. The number of epoxide rings is 1. The van der Waals surface area contributed by atoms with Crippen LogP contribution in [-0.2, 0) is 14.3 Å². The number of hydrogen-bond acceptors (Lipinski definition) is 3. The van der Waals surface area contributed by atoms with Crippen LogP contribution in [0.2, 0.25) is 0 Å². The summed E-state index contributed by atoms with van der Waals surface area (Å²) >= 11 is 0. The molecule has 0 saturated carbocycles. The molecule has 4 heteroatoms. The van der Waals surface area contributed by atoms with E-state index in [0.29, 0.717) is 12.2 Å². The summed E-state index contributed by atoms with van der Waals surface area (Å²) in [6, 6.07) is 0. The van der Waals surface area contributed by atoms with Gasteiger partial charge in [-0.05, 0) is 19.8 Å². The van der Waals surface area contributed by atoms with Crippen molar-refractivity contribution in [3.8, 4) is 0 Å². The number of ether oxygens (including phenoxy) is 2. The average molecular weight is 241 g/mol. The van der Waals surface area contributed by atoms with E-state index in [1.165, 1.54) is 0 Å². The van der Waals surface area contributed by atoms with Crippen LogP contribution in [0.25, 0.3) is 0 Å². The molecule has 1 fully saturated rings. The predicted molar refractivity (Wildman–Crippen MR) is 66.3 cm³/mol. The average Bonchev–Trinajstić information content (AvgIpc) is 2.97. The molecule has 98 valence electrons. The lowest BCUT2D eigenvalue weighted by atomic mass is 10.2. The molecule has 2 atom stereocenters. The zero-order chi connectivity index (χ0) is 12.9. The van der Waals surface area contributed by atoms with Gasteiger partial charge < -0.3 is 9.47 Å². The van der Waals surface area contributed by atoms with E-state index < -0.39 is 5.91 Å². The van der Waals surface area contributed by atoms with Crippen LogP contribution in [0.3, 0.4) is 0 Å². The van der Waals surface area contributed by atoms with Gasteiger partial charge in [-0.25, -0.2) is 0 Å². The highest BCUT2D eigenvalue weighted by Crippen LogP contribution is 2.38. The van der Waals surface area contributed by atoms with Crippen molar-refractivity contribution in [3.63, 3.8) is 0 Å². The number of rotatable bonds is 8. The minimum atomic E-state index is -0.888. The first-order chi connectivity index (χ1) is 8.05. The minimum Gasteiger partial charge on any atom is -0.331 e. The van der Waals surface area contributed by atoms with E-state index >= 15 is 0 Å². The number of unbranched alkanes of at least 4 members (excludes halogenated alkanes) is 1. The number of hydrogen-bond donors (Lipinski definition) is 1. The summed E-state index contributed by atoms with van der Waals surface area (Å²) in [4.78, 5) is 11.6. The van der Waals surface area contributed by atoms with Gasteiger partial charge in [0.25, 0.3) is 5.91 Å². The molecular weight excluding hydrogens is 218 g/mol. The van der Waals surface area contributed by atoms with Gasteiger partial charge in [-0.2, -0.15) is 0 Å². The number of nitrogens with one attached hydrogen (secondary N) is 1. The molecular formula is C13H23NO3. The van der Waals surface area contributed by atoms with Gasteiger partial charge in [0.05, 0.1) is 6.61 Å². The van der Waals surface area contributed by atoms with Gasteiger partial charge >= 0.3 is 0 Å². The van der Waals surface area contributed by atoms with Crippen molar-refractivity contribution < 1.29 is 14.3 Å². The fourth-order valence-corrected chi connectivity index (χ4v) is 1.61. The molecule has 1 saturated heterocycles. The molecule has 2 unspecified atom stereocenters. The molecule has 1 N–H and O–H groups in total. The van der Waals surface area contributed by atoms with Crippen LogP contribution < -0.4 is 5.32 Å². The largest absolute Gasteiger partial charge is 0.331 e. The van der Waals surface area contributed by atoms with Crippen molar-refractivity contribution in [2.45, 2.75) is 58.5 Å². The lowest BCUT2D eigenvalue weighted by Crippen LogP contribution is -2.42. The molecule has 0 aromatic heterocycles. The third kappa shape index (κ3) is 3.82. The van der Waals surface area contributed by atoms with E-state index in [4.69, 9.17) is 9.47 Å². The molecule has 0 spiro atoms. The van der Waals surface area contributed by atoms with E-state index in [0.717, 1.165) is 25.7 Å². The smallest absolute Gasteiger partial charge is 0.280 e. The van der Waals surface area contributed by atoms with E-state index in [1.807, 2.05) is 6.92 Å². The second-order valence-corrected chi connectivity index (χ2v) is 4.50. The fraction of sp³-hybridized carbons (Fsp3) is 0.769. The molecule has 1 amide bonds. The lowest BCUT2D eigenvalue weighted by molar-refractivity contribution is -0.130. The van der Waals surface area contributed by atoms with Crippen LogP contribution in [0.4, 0.5) is 0 Å². The second kappa shape index (κ2) is 6.17. The van der Waals surface area contributed by atoms with Gasteiger partial charge in [0.15, 0.2) is 0 Å². The highest BCUT2D eigenvalue weighted by Gasteiger charge is 2.59. The van der Waals surface area contributed by atoms with Crippen molar-refractivity contribution in [1.82, 2.24) is 5.32 Å². The van der Waals surface area contributed by atoms with Crippen molar-refractivity contribution in [1.29, 1.82) is 0 Å². The molecule has 1 heterocycles. The van der Waals surface area contributed by atoms with Gasteiger partial charge in [0, 0.05) is 5.57 Å². The Morgan fingerprint density at radius 3 is 2.71 bits per heavy atom. The highest BCUT2D eigenvalue weighted by atomic mass is 16.8. The van der Waals surface area contributed by atoms with Gasteiger partial charge in [-0.1, -0.05) is 33.3 Å². The molecule has 1 aliphatic rings. The van der Waals surface area contributed by atoms with E-state index in [9.17, 15) is 4.79 Å². The number of amides is 1. The first kappa shape index (κ1) is 14.2. The van der Waals surface area contributed by atoms with Crippen LogP contribution in [0.15, 0.2) is 12.2 Å². The number of carbonyl (C=O) groups is 1. The molecule has 0 radical (unpaired) electrons. The van der Waals surface area contributed by atoms with Crippen molar-refractivity contribution in [2.75, 3.05) is 6.61 Å². The van der Waals surface area contributed by atoms with Crippen molar-refractivity contribution in [2.24, 2.45) is 0 Å². The maximum Gasteiger partial charge on any atom is 0.280 e. The minimum absolute atomic E-state index is 0.0164. The van der Waals surface area contributed by atoms with Crippen LogP contribution in [0, 0.1) is 0 Å². The van der Waals surface area contributed by atoms with E-state index in [2.05, 4.69) is 18.8 Å². The van der Waals surface area contributed by atoms with Crippen LogP contribution >= 0.6 is 0 Å². The Hall–Kier alpha value is -0.870. The van der Waals surface area contributed by atoms with Crippen LogP contribution in [0.1, 0.15) is 46.5 Å². The van der Waals surface area contributed by atoms with E-state index in [1.54, 1.807) is 6.92 Å². The first-order valence-electron chi connectivity index (χ1n) is 6.35. The molecule has 0 aliphatic carbocycles. The molecule has 0 aromatic rings. The molecule has 4 nitrogen and oxygen atoms in total. The summed E-state index contributed by atoms with van der Waals surface area (Å²) in [6.45, 7) is 10.0. The van der Waals surface area contributed by atoms with Gasteiger partial charge in [0.2, 0.25) is 5.91 Å². The summed E-state index contributed by atoms with van der Waals surface area (Å²) in [7, 11) is 0. The second-order valence-electron chi connectivity index (χ2n) is 4.50. The zero-order valence-corrected chi connectivity index (χ0v) is 11.0. The summed E-state index contributed by atoms with van der Waals surface area (Å²) in [5.41, 5.74) is 0.467. The number of carbonyl (C=O) groups excluding carboxylic acids is 1. The standard InChI is InChI=1S/C13H23NO3/c1-5-7-8-11-13(17-11,16-9-6-2)14-12(15)10(3)4/h11H,3,5-9H2,1-2,4H3,(H,14,15).